The SMILES string of the molecule is Cc1ccc(C)c(-n2c(C)nnc2SCC(=O)NCc2ccc(Cn3ccccc3=O)cc2)c1. The minimum atomic E-state index is -0.0712. The second kappa shape index (κ2) is 10.5. The Labute approximate surface area is 202 Å². The molecule has 2 heterocycles. The third-order valence-electron chi connectivity index (χ3n) is 5.50. The fourth-order valence-electron chi connectivity index (χ4n) is 3.61. The van der Waals surface area contributed by atoms with Crippen LogP contribution in [0.4, 0.5) is 0 Å². The predicted octanol–water partition coefficient (Wildman–Crippen LogP) is 3.81. The molecule has 7 nitrogen and oxygen atoms in total. The molecule has 0 aliphatic heterocycles. The molecule has 2 aromatic heterocycles. The summed E-state index contributed by atoms with van der Waals surface area (Å²) in [5.74, 6) is 0.963. The van der Waals surface area contributed by atoms with Crippen molar-refractivity contribution in [2.24, 2.45) is 0 Å². The number of nitrogens with zero attached hydrogens (tertiary/aromatic N) is 4. The van der Waals surface area contributed by atoms with E-state index in [2.05, 4.69) is 47.6 Å². The summed E-state index contributed by atoms with van der Waals surface area (Å²) in [6.07, 6.45) is 1.77. The van der Waals surface area contributed by atoms with Gasteiger partial charge in [0.15, 0.2) is 5.16 Å². The second-order valence-electron chi connectivity index (χ2n) is 8.20. The zero-order valence-corrected chi connectivity index (χ0v) is 20.3. The van der Waals surface area contributed by atoms with Crippen molar-refractivity contribution in [1.82, 2.24) is 24.6 Å². The van der Waals surface area contributed by atoms with Crippen LogP contribution in [0.1, 0.15) is 28.1 Å². The number of hydrogen-bond acceptors (Lipinski definition) is 5. The van der Waals surface area contributed by atoms with Gasteiger partial charge in [-0.2, -0.15) is 0 Å². The Morgan fingerprint density at radius 3 is 2.50 bits per heavy atom. The van der Waals surface area contributed by atoms with Crippen molar-refractivity contribution in [3.8, 4) is 5.69 Å². The zero-order valence-electron chi connectivity index (χ0n) is 19.5. The molecule has 2 aromatic carbocycles. The molecule has 1 N–H and O–H groups in total. The molecule has 0 saturated heterocycles. The Hall–Kier alpha value is -3.65. The molecule has 0 radical (unpaired) electrons. The van der Waals surface area contributed by atoms with Crippen molar-refractivity contribution >= 4 is 17.7 Å². The lowest BCUT2D eigenvalue weighted by Crippen LogP contribution is -2.24. The molecular weight excluding hydrogens is 446 g/mol. The molecule has 0 unspecified atom stereocenters. The standard InChI is InChI=1S/C26H27N5O2S/c1-18-7-8-19(2)23(14-18)31-20(3)28-29-26(31)34-17-24(32)27-15-21-9-11-22(12-10-21)16-30-13-5-4-6-25(30)33/h4-14H,15-17H2,1-3H3,(H,27,32). The summed E-state index contributed by atoms with van der Waals surface area (Å²) in [7, 11) is 0. The number of amides is 1. The van der Waals surface area contributed by atoms with Gasteiger partial charge in [-0.1, -0.05) is 54.2 Å². The number of carbonyl (C=O) groups excluding carboxylic acids is 1. The van der Waals surface area contributed by atoms with Crippen LogP contribution in [-0.4, -0.2) is 31.0 Å². The van der Waals surface area contributed by atoms with E-state index in [1.54, 1.807) is 22.9 Å². The number of pyridine rings is 1. The van der Waals surface area contributed by atoms with E-state index in [0.717, 1.165) is 33.8 Å². The lowest BCUT2D eigenvalue weighted by molar-refractivity contribution is -0.118. The monoisotopic (exact) mass is 473 g/mol. The summed E-state index contributed by atoms with van der Waals surface area (Å²) in [5.41, 5.74) is 5.31. The smallest absolute Gasteiger partial charge is 0.250 e. The highest BCUT2D eigenvalue weighted by Crippen LogP contribution is 2.24. The molecular formula is C26H27N5O2S. The van der Waals surface area contributed by atoms with E-state index >= 15 is 0 Å². The summed E-state index contributed by atoms with van der Waals surface area (Å²) >= 11 is 1.37. The minimum absolute atomic E-state index is 0.0278. The predicted molar refractivity (Wildman–Crippen MR) is 134 cm³/mol. The van der Waals surface area contributed by atoms with Crippen LogP contribution >= 0.6 is 11.8 Å². The molecule has 0 fully saturated rings. The highest BCUT2D eigenvalue weighted by molar-refractivity contribution is 7.99. The molecule has 0 atom stereocenters. The van der Waals surface area contributed by atoms with Crippen molar-refractivity contribution in [2.75, 3.05) is 5.75 Å². The van der Waals surface area contributed by atoms with E-state index in [1.165, 1.54) is 11.8 Å². The van der Waals surface area contributed by atoms with E-state index < -0.39 is 0 Å². The van der Waals surface area contributed by atoms with Crippen molar-refractivity contribution in [2.45, 2.75) is 39.0 Å². The maximum Gasteiger partial charge on any atom is 0.250 e. The molecule has 0 aliphatic carbocycles. The van der Waals surface area contributed by atoms with Gasteiger partial charge < -0.3 is 9.88 Å². The Bertz CT molecular complexity index is 1360. The normalized spacial score (nSPS) is 10.9. The van der Waals surface area contributed by atoms with Crippen LogP contribution in [0.25, 0.3) is 5.69 Å². The molecule has 0 bridgehead atoms. The average molecular weight is 474 g/mol. The number of aryl methyl sites for hydroxylation is 3. The number of nitrogens with one attached hydrogen (secondary N) is 1. The minimum Gasteiger partial charge on any atom is -0.351 e. The van der Waals surface area contributed by atoms with Crippen molar-refractivity contribution in [3.63, 3.8) is 0 Å². The average Bonchev–Trinajstić information content (AvgIpc) is 3.20. The molecule has 0 aliphatic rings. The first-order valence-electron chi connectivity index (χ1n) is 11.0. The molecule has 4 rings (SSSR count). The van der Waals surface area contributed by atoms with E-state index in [9.17, 15) is 9.59 Å². The maximum absolute atomic E-state index is 12.5. The highest BCUT2D eigenvalue weighted by Gasteiger charge is 2.15. The van der Waals surface area contributed by atoms with Gasteiger partial charge in [-0.05, 0) is 55.2 Å². The van der Waals surface area contributed by atoms with Gasteiger partial charge in [0.25, 0.3) is 5.56 Å². The van der Waals surface area contributed by atoms with Gasteiger partial charge in [0, 0.05) is 18.8 Å². The van der Waals surface area contributed by atoms with Crippen LogP contribution in [0.2, 0.25) is 0 Å². The second-order valence-corrected chi connectivity index (χ2v) is 9.15. The molecule has 0 spiro atoms. The van der Waals surface area contributed by atoms with Gasteiger partial charge >= 0.3 is 0 Å². The first kappa shape index (κ1) is 23.5. The van der Waals surface area contributed by atoms with Crippen LogP contribution in [0.3, 0.4) is 0 Å². The van der Waals surface area contributed by atoms with E-state index in [4.69, 9.17) is 0 Å². The Morgan fingerprint density at radius 2 is 1.74 bits per heavy atom. The fourth-order valence-corrected chi connectivity index (χ4v) is 4.43. The van der Waals surface area contributed by atoms with E-state index in [-0.39, 0.29) is 17.2 Å². The lowest BCUT2D eigenvalue weighted by Gasteiger charge is -2.12. The molecule has 174 valence electrons. The van der Waals surface area contributed by atoms with Gasteiger partial charge in [0.1, 0.15) is 5.82 Å². The maximum atomic E-state index is 12.5. The molecule has 34 heavy (non-hydrogen) atoms. The number of rotatable bonds is 8. The molecule has 0 saturated carbocycles. The van der Waals surface area contributed by atoms with Crippen LogP contribution in [0, 0.1) is 20.8 Å². The lowest BCUT2D eigenvalue weighted by atomic mass is 10.1. The fraction of sp³-hybridized carbons (Fsp3) is 0.231. The Morgan fingerprint density at radius 1 is 0.971 bits per heavy atom. The largest absolute Gasteiger partial charge is 0.351 e. The van der Waals surface area contributed by atoms with Gasteiger partial charge in [-0.15, -0.1) is 10.2 Å². The van der Waals surface area contributed by atoms with Crippen LogP contribution in [0.5, 0.6) is 0 Å². The van der Waals surface area contributed by atoms with Crippen LogP contribution < -0.4 is 10.9 Å². The quantitative estimate of drug-likeness (QED) is 0.394. The van der Waals surface area contributed by atoms with Crippen molar-refractivity contribution in [1.29, 1.82) is 0 Å². The van der Waals surface area contributed by atoms with E-state index in [0.29, 0.717) is 18.2 Å². The number of aromatic nitrogens is 4. The topological polar surface area (TPSA) is 81.8 Å². The van der Waals surface area contributed by atoms with Gasteiger partial charge in [-0.3, -0.25) is 14.2 Å². The number of benzene rings is 2. The summed E-state index contributed by atoms with van der Waals surface area (Å²) < 4.78 is 3.66. The molecule has 8 heteroatoms. The third kappa shape index (κ3) is 5.63. The number of hydrogen-bond donors (Lipinski definition) is 1. The third-order valence-corrected chi connectivity index (χ3v) is 6.43. The van der Waals surface area contributed by atoms with Crippen LogP contribution in [-0.2, 0) is 17.9 Å². The van der Waals surface area contributed by atoms with Crippen molar-refractivity contribution in [3.05, 3.63) is 105 Å². The zero-order chi connectivity index (χ0) is 24.1. The first-order chi connectivity index (χ1) is 16.4. The summed E-state index contributed by atoms with van der Waals surface area (Å²) in [6, 6.07) is 19.3. The summed E-state index contributed by atoms with van der Waals surface area (Å²) in [6.45, 7) is 6.98. The van der Waals surface area contributed by atoms with Crippen LogP contribution in [0.15, 0.2) is 76.8 Å². The summed E-state index contributed by atoms with van der Waals surface area (Å²) in [5, 5.41) is 12.2. The molecule has 1 amide bonds. The number of carbonyl (C=O) groups is 1. The van der Waals surface area contributed by atoms with Gasteiger partial charge in [0.2, 0.25) is 5.91 Å². The first-order valence-corrected chi connectivity index (χ1v) is 12.0. The Kier molecular flexibility index (Phi) is 7.27. The molecule has 4 aromatic rings. The summed E-state index contributed by atoms with van der Waals surface area (Å²) in [4.78, 5) is 24.4. The van der Waals surface area contributed by atoms with Gasteiger partial charge in [0.05, 0.1) is 18.0 Å². The van der Waals surface area contributed by atoms with E-state index in [1.807, 2.05) is 41.8 Å². The van der Waals surface area contributed by atoms with Gasteiger partial charge in [-0.25, -0.2) is 0 Å². The Balaban J connectivity index is 1.33. The highest BCUT2D eigenvalue weighted by atomic mass is 32.2. The van der Waals surface area contributed by atoms with Crippen molar-refractivity contribution < 1.29 is 4.79 Å². The number of thioether (sulfide) groups is 1.